The van der Waals surface area contributed by atoms with Gasteiger partial charge in [0.05, 0.1) is 11.3 Å². The highest BCUT2D eigenvalue weighted by atomic mass is 16.2. The van der Waals surface area contributed by atoms with E-state index >= 15 is 0 Å². The van der Waals surface area contributed by atoms with Crippen molar-refractivity contribution in [3.05, 3.63) is 35.9 Å². The molecule has 0 N–H and O–H groups in total. The second-order valence-electron chi connectivity index (χ2n) is 11.8. The van der Waals surface area contributed by atoms with Crippen LogP contribution in [0.15, 0.2) is 30.3 Å². The van der Waals surface area contributed by atoms with Crippen LogP contribution in [0.2, 0.25) is 0 Å². The summed E-state index contributed by atoms with van der Waals surface area (Å²) in [6.07, 6.45) is 8.46. The molecule has 6 aliphatic rings. The summed E-state index contributed by atoms with van der Waals surface area (Å²) in [4.78, 5) is 45.2. The molecule has 2 aliphatic heterocycles. The monoisotopic (exact) mass is 463 g/mol. The molecule has 1 atom stereocenters. The lowest BCUT2D eigenvalue weighted by molar-refractivity contribution is -0.161. The lowest BCUT2D eigenvalue weighted by Gasteiger charge is -2.57. The summed E-state index contributed by atoms with van der Waals surface area (Å²) in [7, 11) is 0. The summed E-state index contributed by atoms with van der Waals surface area (Å²) in [5, 5.41) is 0. The molecule has 3 amide bonds. The van der Waals surface area contributed by atoms with Crippen LogP contribution in [0.5, 0.6) is 0 Å². The molecule has 1 aromatic carbocycles. The molecule has 6 fully saturated rings. The van der Waals surface area contributed by atoms with E-state index in [1.165, 1.54) is 24.8 Å². The Morgan fingerprint density at radius 2 is 1.44 bits per heavy atom. The van der Waals surface area contributed by atoms with Crippen molar-refractivity contribution in [3.63, 3.8) is 0 Å². The van der Waals surface area contributed by atoms with Crippen LogP contribution in [0.25, 0.3) is 0 Å². The average Bonchev–Trinajstić information content (AvgIpc) is 3.22. The van der Waals surface area contributed by atoms with Crippen molar-refractivity contribution >= 4 is 17.7 Å². The van der Waals surface area contributed by atoms with Crippen molar-refractivity contribution in [2.24, 2.45) is 29.1 Å². The minimum absolute atomic E-state index is 0.0879. The summed E-state index contributed by atoms with van der Waals surface area (Å²) < 4.78 is 0. The Morgan fingerprint density at radius 3 is 2.06 bits per heavy atom. The Balaban J connectivity index is 1.01. The SMILES string of the molecule is O=C1CC(C(=O)N2CCN(C(=O)C34CC5CC(CC(C5)C3)C4)CC2)CN1CCc1ccccc1. The highest BCUT2D eigenvalue weighted by Gasteiger charge is 2.55. The molecule has 2 saturated heterocycles. The molecule has 182 valence electrons. The van der Waals surface area contributed by atoms with Crippen LogP contribution in [-0.4, -0.2) is 71.7 Å². The molecular formula is C28H37N3O3. The van der Waals surface area contributed by atoms with Gasteiger partial charge in [-0.1, -0.05) is 30.3 Å². The highest BCUT2D eigenvalue weighted by Crippen LogP contribution is 2.60. The van der Waals surface area contributed by atoms with Crippen LogP contribution in [0.4, 0.5) is 0 Å². The van der Waals surface area contributed by atoms with Crippen LogP contribution in [0.1, 0.15) is 50.5 Å². The molecule has 0 spiro atoms. The smallest absolute Gasteiger partial charge is 0.228 e. The third-order valence-electron chi connectivity index (χ3n) is 9.45. The molecule has 1 unspecified atom stereocenters. The summed E-state index contributed by atoms with van der Waals surface area (Å²) in [5.41, 5.74) is 1.11. The third-order valence-corrected chi connectivity index (χ3v) is 9.45. The fraction of sp³-hybridized carbons (Fsp3) is 0.679. The first kappa shape index (κ1) is 22.1. The minimum atomic E-state index is -0.242. The number of piperazine rings is 1. The van der Waals surface area contributed by atoms with Crippen LogP contribution < -0.4 is 0 Å². The second-order valence-corrected chi connectivity index (χ2v) is 11.8. The zero-order valence-corrected chi connectivity index (χ0v) is 20.2. The normalized spacial score (nSPS) is 34.7. The average molecular weight is 464 g/mol. The number of amides is 3. The van der Waals surface area contributed by atoms with Gasteiger partial charge in [0, 0.05) is 45.7 Å². The fourth-order valence-electron chi connectivity index (χ4n) is 8.16. The van der Waals surface area contributed by atoms with Gasteiger partial charge in [0.2, 0.25) is 17.7 Å². The number of likely N-dealkylation sites (tertiary alicyclic amines) is 1. The van der Waals surface area contributed by atoms with Gasteiger partial charge in [-0.15, -0.1) is 0 Å². The van der Waals surface area contributed by atoms with Crippen LogP contribution in [0.3, 0.4) is 0 Å². The van der Waals surface area contributed by atoms with E-state index < -0.39 is 0 Å². The first-order chi connectivity index (χ1) is 16.5. The zero-order valence-electron chi connectivity index (χ0n) is 20.2. The zero-order chi connectivity index (χ0) is 23.3. The van der Waals surface area contributed by atoms with Gasteiger partial charge < -0.3 is 14.7 Å². The molecule has 4 aliphatic carbocycles. The predicted octanol–water partition coefficient (Wildman–Crippen LogP) is 2.96. The molecule has 1 aromatic rings. The Bertz CT molecular complexity index is 918. The molecule has 2 heterocycles. The molecule has 6 heteroatoms. The highest BCUT2D eigenvalue weighted by molar-refractivity contribution is 5.89. The topological polar surface area (TPSA) is 60.9 Å². The summed E-state index contributed by atoms with van der Waals surface area (Å²) in [6.45, 7) is 3.68. The van der Waals surface area contributed by atoms with E-state index in [0.29, 0.717) is 51.6 Å². The Kier molecular flexibility index (Phi) is 5.65. The number of hydrogen-bond acceptors (Lipinski definition) is 3. The summed E-state index contributed by atoms with van der Waals surface area (Å²) >= 11 is 0. The van der Waals surface area contributed by atoms with E-state index in [1.54, 1.807) is 0 Å². The molecule has 4 saturated carbocycles. The Labute approximate surface area is 202 Å². The van der Waals surface area contributed by atoms with Crippen molar-refractivity contribution < 1.29 is 14.4 Å². The van der Waals surface area contributed by atoms with Gasteiger partial charge in [0.1, 0.15) is 0 Å². The third kappa shape index (κ3) is 4.03. The van der Waals surface area contributed by atoms with Crippen LogP contribution >= 0.6 is 0 Å². The first-order valence-electron chi connectivity index (χ1n) is 13.4. The van der Waals surface area contributed by atoms with E-state index in [2.05, 4.69) is 17.0 Å². The van der Waals surface area contributed by atoms with Crippen molar-refractivity contribution in [3.8, 4) is 0 Å². The fourth-order valence-corrected chi connectivity index (χ4v) is 8.16. The number of rotatable bonds is 5. The van der Waals surface area contributed by atoms with Crippen molar-refractivity contribution in [2.75, 3.05) is 39.3 Å². The number of carbonyl (C=O) groups is 3. The molecule has 0 aromatic heterocycles. The van der Waals surface area contributed by atoms with E-state index in [9.17, 15) is 14.4 Å². The summed E-state index contributed by atoms with van der Waals surface area (Å²) in [5.74, 6) is 2.62. The van der Waals surface area contributed by atoms with Crippen LogP contribution in [0, 0.1) is 29.1 Å². The van der Waals surface area contributed by atoms with E-state index in [-0.39, 0.29) is 23.1 Å². The maximum absolute atomic E-state index is 13.6. The number of nitrogens with zero attached hydrogens (tertiary/aromatic N) is 3. The van der Waals surface area contributed by atoms with E-state index in [0.717, 1.165) is 43.4 Å². The second kappa shape index (κ2) is 8.69. The minimum Gasteiger partial charge on any atom is -0.342 e. The number of benzene rings is 1. The number of hydrogen-bond donors (Lipinski definition) is 0. The first-order valence-corrected chi connectivity index (χ1v) is 13.4. The van der Waals surface area contributed by atoms with Gasteiger partial charge in [-0.2, -0.15) is 0 Å². The molecule has 6 nitrogen and oxygen atoms in total. The molecular weight excluding hydrogens is 426 g/mol. The molecule has 7 rings (SSSR count). The van der Waals surface area contributed by atoms with Gasteiger partial charge in [-0.25, -0.2) is 0 Å². The molecule has 0 radical (unpaired) electrons. The largest absolute Gasteiger partial charge is 0.342 e. The predicted molar refractivity (Wildman–Crippen MR) is 129 cm³/mol. The summed E-state index contributed by atoms with van der Waals surface area (Å²) in [6, 6.07) is 10.2. The number of carbonyl (C=O) groups excluding carboxylic acids is 3. The van der Waals surface area contributed by atoms with Crippen molar-refractivity contribution in [2.45, 2.75) is 51.4 Å². The Hall–Kier alpha value is -2.37. The van der Waals surface area contributed by atoms with Gasteiger partial charge in [0.15, 0.2) is 0 Å². The van der Waals surface area contributed by atoms with Gasteiger partial charge in [-0.05, 0) is 68.3 Å². The Morgan fingerprint density at radius 1 is 0.853 bits per heavy atom. The van der Waals surface area contributed by atoms with Gasteiger partial charge in [-0.3, -0.25) is 14.4 Å². The molecule has 34 heavy (non-hydrogen) atoms. The van der Waals surface area contributed by atoms with E-state index in [4.69, 9.17) is 0 Å². The van der Waals surface area contributed by atoms with Gasteiger partial charge >= 0.3 is 0 Å². The molecule has 4 bridgehead atoms. The lowest BCUT2D eigenvalue weighted by Crippen LogP contribution is -2.59. The lowest BCUT2D eigenvalue weighted by atomic mass is 9.49. The van der Waals surface area contributed by atoms with E-state index in [1.807, 2.05) is 28.0 Å². The van der Waals surface area contributed by atoms with Gasteiger partial charge in [0.25, 0.3) is 0 Å². The van der Waals surface area contributed by atoms with Crippen molar-refractivity contribution in [1.82, 2.24) is 14.7 Å². The maximum atomic E-state index is 13.6. The van der Waals surface area contributed by atoms with Crippen LogP contribution in [-0.2, 0) is 20.8 Å². The quantitative estimate of drug-likeness (QED) is 0.675. The maximum Gasteiger partial charge on any atom is 0.228 e. The van der Waals surface area contributed by atoms with Crippen molar-refractivity contribution in [1.29, 1.82) is 0 Å². The standard InChI is InChI=1S/C28H37N3O3/c32-25-15-24(19-31(25)7-6-20-4-2-1-3-5-20)26(33)29-8-10-30(11-9-29)27(34)28-16-21-12-22(17-28)14-23(13-21)18-28/h1-5,21-24H,6-19H2.